The molecule has 0 aliphatic rings. The van der Waals surface area contributed by atoms with Crippen LogP contribution in [0.5, 0.6) is 5.75 Å². The second kappa shape index (κ2) is 5.01. The van der Waals surface area contributed by atoms with Gasteiger partial charge in [0.2, 0.25) is 0 Å². The van der Waals surface area contributed by atoms with Crippen LogP contribution in [0.3, 0.4) is 0 Å². The minimum Gasteiger partial charge on any atom is -0.406 e. The molecule has 0 saturated heterocycles. The van der Waals surface area contributed by atoms with Crippen LogP contribution in [0.4, 0.5) is 18.9 Å². The summed E-state index contributed by atoms with van der Waals surface area (Å²) < 4.78 is 40.3. The fraction of sp³-hybridized carbons (Fsp3) is 0.0769. The molecule has 0 heterocycles. The van der Waals surface area contributed by atoms with E-state index in [1.54, 1.807) is 24.3 Å². The molecule has 6 heteroatoms. The van der Waals surface area contributed by atoms with Gasteiger partial charge in [-0.05, 0) is 35.9 Å². The number of rotatable bonds is 2. The molecular formula is C13H9ClF3NO. The van der Waals surface area contributed by atoms with Crippen LogP contribution in [0, 0.1) is 0 Å². The second-order valence-corrected chi connectivity index (χ2v) is 4.24. The van der Waals surface area contributed by atoms with Crippen molar-refractivity contribution < 1.29 is 17.9 Å². The highest BCUT2D eigenvalue weighted by molar-refractivity contribution is 6.30. The third-order valence-electron chi connectivity index (χ3n) is 2.41. The Morgan fingerprint density at radius 2 is 1.63 bits per heavy atom. The quantitative estimate of drug-likeness (QED) is 0.826. The second-order valence-electron chi connectivity index (χ2n) is 3.80. The number of alkyl halides is 3. The zero-order valence-electron chi connectivity index (χ0n) is 9.54. The molecule has 100 valence electrons. The molecule has 2 nitrogen and oxygen atoms in total. The predicted molar refractivity (Wildman–Crippen MR) is 68.0 cm³/mol. The largest absolute Gasteiger partial charge is 0.573 e. The van der Waals surface area contributed by atoms with E-state index in [1.807, 2.05) is 0 Å². The Bertz CT molecular complexity index is 581. The molecule has 0 aliphatic carbocycles. The van der Waals surface area contributed by atoms with Crippen molar-refractivity contribution in [2.24, 2.45) is 0 Å². The number of halogens is 4. The van der Waals surface area contributed by atoms with E-state index >= 15 is 0 Å². The van der Waals surface area contributed by atoms with E-state index in [9.17, 15) is 13.2 Å². The summed E-state index contributed by atoms with van der Waals surface area (Å²) in [5, 5.41) is 0.532. The van der Waals surface area contributed by atoms with Gasteiger partial charge in [-0.15, -0.1) is 13.2 Å². The highest BCUT2D eigenvalue weighted by atomic mass is 35.5. The van der Waals surface area contributed by atoms with Crippen LogP contribution in [0.1, 0.15) is 0 Å². The van der Waals surface area contributed by atoms with Crippen molar-refractivity contribution in [3.05, 3.63) is 47.5 Å². The molecular weight excluding hydrogens is 279 g/mol. The van der Waals surface area contributed by atoms with Gasteiger partial charge in [0.15, 0.2) is 0 Å². The maximum atomic E-state index is 12.2. The SMILES string of the molecule is Nc1ccc(OC(F)(F)F)cc1-c1ccc(Cl)cc1. The van der Waals surface area contributed by atoms with Crippen molar-refractivity contribution in [1.29, 1.82) is 0 Å². The summed E-state index contributed by atoms with van der Waals surface area (Å²) in [4.78, 5) is 0. The average Bonchev–Trinajstić information content (AvgIpc) is 2.31. The van der Waals surface area contributed by atoms with Crippen LogP contribution in [0.15, 0.2) is 42.5 Å². The lowest BCUT2D eigenvalue weighted by Gasteiger charge is -2.12. The third-order valence-corrected chi connectivity index (χ3v) is 2.67. The molecule has 2 aromatic rings. The van der Waals surface area contributed by atoms with Gasteiger partial charge in [0.05, 0.1) is 0 Å². The van der Waals surface area contributed by atoms with Gasteiger partial charge in [-0.25, -0.2) is 0 Å². The van der Waals surface area contributed by atoms with Crippen molar-refractivity contribution in [2.75, 3.05) is 5.73 Å². The Labute approximate surface area is 112 Å². The van der Waals surface area contributed by atoms with E-state index < -0.39 is 6.36 Å². The molecule has 0 atom stereocenters. The molecule has 2 rings (SSSR count). The van der Waals surface area contributed by atoms with Gasteiger partial charge in [-0.2, -0.15) is 0 Å². The van der Waals surface area contributed by atoms with Gasteiger partial charge < -0.3 is 10.5 Å². The first kappa shape index (κ1) is 13.5. The van der Waals surface area contributed by atoms with Crippen molar-refractivity contribution in [3.63, 3.8) is 0 Å². The van der Waals surface area contributed by atoms with E-state index in [0.717, 1.165) is 0 Å². The number of nitrogens with two attached hydrogens (primary N) is 1. The van der Waals surface area contributed by atoms with E-state index in [1.165, 1.54) is 18.2 Å². The van der Waals surface area contributed by atoms with Crippen LogP contribution in [0.2, 0.25) is 5.02 Å². The highest BCUT2D eigenvalue weighted by Crippen LogP contribution is 2.32. The molecule has 2 aromatic carbocycles. The maximum Gasteiger partial charge on any atom is 0.573 e. The summed E-state index contributed by atoms with van der Waals surface area (Å²) >= 11 is 5.75. The van der Waals surface area contributed by atoms with Crippen LogP contribution in [-0.2, 0) is 0 Å². The summed E-state index contributed by atoms with van der Waals surface area (Å²) in [5.41, 5.74) is 7.23. The van der Waals surface area contributed by atoms with Gasteiger partial charge >= 0.3 is 6.36 Å². The summed E-state index contributed by atoms with van der Waals surface area (Å²) in [6.45, 7) is 0. The van der Waals surface area contributed by atoms with Crippen molar-refractivity contribution in [3.8, 4) is 16.9 Å². The van der Waals surface area contributed by atoms with E-state index in [0.29, 0.717) is 21.8 Å². The number of anilines is 1. The molecule has 0 saturated carbocycles. The predicted octanol–water partition coefficient (Wildman–Crippen LogP) is 4.49. The zero-order chi connectivity index (χ0) is 14.0. The molecule has 2 N–H and O–H groups in total. The lowest BCUT2D eigenvalue weighted by Crippen LogP contribution is -2.17. The van der Waals surface area contributed by atoms with Gasteiger partial charge in [0.25, 0.3) is 0 Å². The van der Waals surface area contributed by atoms with E-state index in [2.05, 4.69) is 4.74 Å². The Balaban J connectivity index is 2.39. The Kier molecular flexibility index (Phi) is 3.57. The fourth-order valence-corrected chi connectivity index (χ4v) is 1.74. The molecule has 0 radical (unpaired) electrons. The first-order chi connectivity index (χ1) is 8.85. The molecule has 0 fully saturated rings. The summed E-state index contributed by atoms with van der Waals surface area (Å²) in [6, 6.07) is 10.4. The Morgan fingerprint density at radius 3 is 2.21 bits per heavy atom. The molecule has 0 aliphatic heterocycles. The lowest BCUT2D eigenvalue weighted by atomic mass is 10.0. The molecule has 0 aromatic heterocycles. The van der Waals surface area contributed by atoms with Gasteiger partial charge in [0, 0.05) is 16.3 Å². The highest BCUT2D eigenvalue weighted by Gasteiger charge is 2.31. The van der Waals surface area contributed by atoms with Crippen LogP contribution in [-0.4, -0.2) is 6.36 Å². The smallest absolute Gasteiger partial charge is 0.406 e. The number of benzene rings is 2. The molecule has 19 heavy (non-hydrogen) atoms. The van der Waals surface area contributed by atoms with Gasteiger partial charge in [0.1, 0.15) is 5.75 Å². The number of nitrogen functional groups attached to an aromatic ring is 1. The summed E-state index contributed by atoms with van der Waals surface area (Å²) in [7, 11) is 0. The zero-order valence-corrected chi connectivity index (χ0v) is 10.3. The van der Waals surface area contributed by atoms with Gasteiger partial charge in [-0.1, -0.05) is 23.7 Å². The number of ether oxygens (including phenoxy) is 1. The lowest BCUT2D eigenvalue weighted by molar-refractivity contribution is -0.274. The van der Waals surface area contributed by atoms with Crippen molar-refractivity contribution in [2.45, 2.75) is 6.36 Å². The van der Waals surface area contributed by atoms with Crippen LogP contribution in [0.25, 0.3) is 11.1 Å². The Hall–Kier alpha value is -1.88. The minimum absolute atomic E-state index is 0.313. The Morgan fingerprint density at radius 1 is 1.00 bits per heavy atom. The minimum atomic E-state index is -4.73. The fourth-order valence-electron chi connectivity index (χ4n) is 1.61. The average molecular weight is 288 g/mol. The number of hydrogen-bond donors (Lipinski definition) is 1. The monoisotopic (exact) mass is 287 g/mol. The van der Waals surface area contributed by atoms with Crippen LogP contribution < -0.4 is 10.5 Å². The standard InChI is InChI=1S/C13H9ClF3NO/c14-9-3-1-8(2-4-9)11-7-10(5-6-12(11)18)19-13(15,16)17/h1-7H,18H2. The number of hydrogen-bond acceptors (Lipinski definition) is 2. The van der Waals surface area contributed by atoms with Gasteiger partial charge in [-0.3, -0.25) is 0 Å². The molecule has 0 bridgehead atoms. The molecule has 0 spiro atoms. The molecule has 0 unspecified atom stereocenters. The summed E-state index contributed by atoms with van der Waals surface area (Å²) in [6.07, 6.45) is -4.73. The van der Waals surface area contributed by atoms with Crippen molar-refractivity contribution in [1.82, 2.24) is 0 Å². The van der Waals surface area contributed by atoms with Crippen molar-refractivity contribution >= 4 is 17.3 Å². The topological polar surface area (TPSA) is 35.2 Å². The third kappa shape index (κ3) is 3.54. The van der Waals surface area contributed by atoms with E-state index in [-0.39, 0.29) is 5.75 Å². The first-order valence-corrected chi connectivity index (χ1v) is 5.64. The first-order valence-electron chi connectivity index (χ1n) is 5.26. The maximum absolute atomic E-state index is 12.2. The molecule has 0 amide bonds. The van der Waals surface area contributed by atoms with Crippen LogP contribution >= 0.6 is 11.6 Å². The normalized spacial score (nSPS) is 11.4. The summed E-state index contributed by atoms with van der Waals surface area (Å²) in [5.74, 6) is -0.313. The van der Waals surface area contributed by atoms with E-state index in [4.69, 9.17) is 17.3 Å².